The fraction of sp³-hybridized carbons (Fsp3) is 0.400. The molecule has 2 aromatic rings. The average molecular weight is 488 g/mol. The molecule has 10 nitrogen and oxygen atoms in total. The van der Waals surface area contributed by atoms with Crippen LogP contribution < -0.4 is 0 Å². The summed E-state index contributed by atoms with van der Waals surface area (Å²) in [6, 6.07) is 13.3. The van der Waals surface area contributed by atoms with Crippen molar-refractivity contribution < 1.29 is 38.2 Å². The number of hydrogen-bond acceptors (Lipinski definition) is 8. The van der Waals surface area contributed by atoms with Gasteiger partial charge in [-0.25, -0.2) is 0 Å². The van der Waals surface area contributed by atoms with Crippen molar-refractivity contribution in [3.8, 4) is 11.5 Å². The number of phenols is 2. The number of hydrogen-bond donors (Lipinski definition) is 4. The fourth-order valence-corrected chi connectivity index (χ4v) is 4.80. The van der Waals surface area contributed by atoms with Gasteiger partial charge in [0.25, 0.3) is 0 Å². The molecule has 0 bridgehead atoms. The van der Waals surface area contributed by atoms with Crippen LogP contribution in [0.1, 0.15) is 11.1 Å². The zero-order chi connectivity index (χ0) is 23.8. The number of phenolic OH excluding ortho intramolecular Hbond substituents is 2. The standard InChI is InChI=1S/C20H30N2O8P2/c1-29-31(25,26)15-21(13-17-7-3-5-9-19(17)23)11-12-22(16-32(27,28)30-2)14-18-8-4-6-10-20(18)24/h3-10,23-24H,11-16H2,1-2H3,(H,25,26)(H,27,28). The maximum Gasteiger partial charge on any atom is 0.341 e. The summed E-state index contributed by atoms with van der Waals surface area (Å²) in [7, 11) is -5.53. The maximum absolute atomic E-state index is 12.2. The lowest BCUT2D eigenvalue weighted by Crippen LogP contribution is -2.36. The molecular formula is C20H30N2O8P2. The largest absolute Gasteiger partial charge is 0.508 e. The number of nitrogens with zero attached hydrogens (tertiary/aromatic N) is 2. The monoisotopic (exact) mass is 488 g/mol. The molecule has 2 atom stereocenters. The Morgan fingerprint density at radius 2 is 1.06 bits per heavy atom. The van der Waals surface area contributed by atoms with Crippen molar-refractivity contribution in [1.29, 1.82) is 0 Å². The van der Waals surface area contributed by atoms with Crippen LogP contribution in [-0.4, -0.2) is 69.7 Å². The summed E-state index contributed by atoms with van der Waals surface area (Å²) in [6.45, 7) is 0.733. The molecule has 2 rings (SSSR count). The average Bonchev–Trinajstić information content (AvgIpc) is 2.74. The van der Waals surface area contributed by atoms with Crippen molar-refractivity contribution in [3.05, 3.63) is 59.7 Å². The van der Waals surface area contributed by atoms with Crippen LogP contribution >= 0.6 is 15.2 Å². The van der Waals surface area contributed by atoms with E-state index in [9.17, 15) is 29.1 Å². The Kier molecular flexibility index (Phi) is 9.88. The first-order valence-corrected chi connectivity index (χ1v) is 13.3. The molecule has 178 valence electrons. The second-order valence-electron chi connectivity index (χ2n) is 7.29. The number of benzene rings is 2. The topological polar surface area (TPSA) is 140 Å². The summed E-state index contributed by atoms with van der Waals surface area (Å²) in [5.41, 5.74) is 1.11. The molecule has 4 N–H and O–H groups in total. The molecule has 2 unspecified atom stereocenters. The molecule has 0 saturated heterocycles. The first-order chi connectivity index (χ1) is 15.0. The highest BCUT2D eigenvalue weighted by Crippen LogP contribution is 2.43. The lowest BCUT2D eigenvalue weighted by atomic mass is 10.2. The van der Waals surface area contributed by atoms with Gasteiger partial charge in [-0.1, -0.05) is 36.4 Å². The molecule has 0 amide bonds. The van der Waals surface area contributed by atoms with Crippen LogP contribution in [0.15, 0.2) is 48.5 Å². The summed E-state index contributed by atoms with van der Waals surface area (Å²) < 4.78 is 33.8. The Bertz CT molecular complexity index is 897. The van der Waals surface area contributed by atoms with E-state index in [2.05, 4.69) is 0 Å². The van der Waals surface area contributed by atoms with Crippen molar-refractivity contribution in [3.63, 3.8) is 0 Å². The van der Waals surface area contributed by atoms with Crippen molar-refractivity contribution >= 4 is 15.2 Å². The molecule has 12 heteroatoms. The van der Waals surface area contributed by atoms with Gasteiger partial charge in [0.15, 0.2) is 0 Å². The minimum Gasteiger partial charge on any atom is -0.508 e. The highest BCUT2D eigenvalue weighted by molar-refractivity contribution is 7.52. The van der Waals surface area contributed by atoms with Gasteiger partial charge in [0, 0.05) is 51.5 Å². The molecule has 0 saturated carbocycles. The van der Waals surface area contributed by atoms with E-state index in [0.29, 0.717) is 11.1 Å². The lowest BCUT2D eigenvalue weighted by molar-refractivity contribution is 0.197. The summed E-state index contributed by atoms with van der Waals surface area (Å²) in [5, 5.41) is 20.2. The molecule has 32 heavy (non-hydrogen) atoms. The van der Waals surface area contributed by atoms with Crippen LogP contribution in [0.2, 0.25) is 0 Å². The van der Waals surface area contributed by atoms with Crippen molar-refractivity contribution in [2.75, 3.05) is 39.9 Å². The zero-order valence-corrected chi connectivity index (χ0v) is 19.9. The Morgan fingerprint density at radius 3 is 1.38 bits per heavy atom. The third-order valence-electron chi connectivity index (χ3n) is 4.83. The second kappa shape index (κ2) is 11.9. The predicted octanol–water partition coefficient (Wildman–Crippen LogP) is 2.98. The Morgan fingerprint density at radius 1 is 0.719 bits per heavy atom. The van der Waals surface area contributed by atoms with Gasteiger partial charge in [-0.05, 0) is 12.1 Å². The molecule has 0 heterocycles. The number of rotatable bonds is 13. The lowest BCUT2D eigenvalue weighted by Gasteiger charge is -2.29. The maximum atomic E-state index is 12.2. The Hall–Kier alpha value is -1.74. The van der Waals surface area contributed by atoms with Gasteiger partial charge < -0.3 is 29.0 Å². The predicted molar refractivity (Wildman–Crippen MR) is 120 cm³/mol. The molecule has 0 aliphatic carbocycles. The van der Waals surface area contributed by atoms with Crippen LogP contribution in [0.4, 0.5) is 0 Å². The van der Waals surface area contributed by atoms with Crippen molar-refractivity contribution in [2.24, 2.45) is 0 Å². The number of para-hydroxylation sites is 2. The van der Waals surface area contributed by atoms with Gasteiger partial charge in [-0.2, -0.15) is 0 Å². The summed E-state index contributed by atoms with van der Waals surface area (Å²) in [4.78, 5) is 23.2. The Labute approximate surface area is 187 Å². The third-order valence-corrected chi connectivity index (χ3v) is 7.49. The van der Waals surface area contributed by atoms with Crippen LogP contribution in [0, 0.1) is 0 Å². The first-order valence-electron chi connectivity index (χ1n) is 9.79. The molecule has 2 aromatic carbocycles. The van der Waals surface area contributed by atoms with E-state index in [1.807, 2.05) is 0 Å². The van der Waals surface area contributed by atoms with E-state index in [0.717, 1.165) is 14.2 Å². The zero-order valence-electron chi connectivity index (χ0n) is 18.1. The molecule has 0 aliphatic rings. The van der Waals surface area contributed by atoms with Crippen LogP contribution in [0.25, 0.3) is 0 Å². The highest BCUT2D eigenvalue weighted by atomic mass is 31.2. The van der Waals surface area contributed by atoms with Crippen LogP contribution in [0.5, 0.6) is 11.5 Å². The van der Waals surface area contributed by atoms with E-state index < -0.39 is 15.2 Å². The van der Waals surface area contributed by atoms with E-state index in [1.54, 1.807) is 46.2 Å². The summed E-state index contributed by atoms with van der Waals surface area (Å²) >= 11 is 0. The minimum atomic E-state index is -3.91. The Balaban J connectivity index is 2.20. The molecule has 0 aliphatic heterocycles. The molecule has 0 radical (unpaired) electrons. The quantitative estimate of drug-likeness (QED) is 0.311. The van der Waals surface area contributed by atoms with E-state index in [-0.39, 0.29) is 50.2 Å². The van der Waals surface area contributed by atoms with Gasteiger partial charge in [0.05, 0.1) is 0 Å². The van der Waals surface area contributed by atoms with Crippen LogP contribution in [-0.2, 0) is 31.3 Å². The van der Waals surface area contributed by atoms with Gasteiger partial charge in [-0.15, -0.1) is 0 Å². The SMILES string of the molecule is COP(=O)(O)CN(CCN(Cc1ccccc1O)CP(=O)(O)OC)Cc1ccccc1O. The first kappa shape index (κ1) is 26.5. The molecular weight excluding hydrogens is 458 g/mol. The molecule has 0 fully saturated rings. The van der Waals surface area contributed by atoms with E-state index in [1.165, 1.54) is 12.1 Å². The fourth-order valence-electron chi connectivity index (χ4n) is 3.07. The molecule has 0 aromatic heterocycles. The minimum absolute atomic E-state index is 0.0491. The van der Waals surface area contributed by atoms with Crippen molar-refractivity contribution in [1.82, 2.24) is 9.80 Å². The summed E-state index contributed by atoms with van der Waals surface area (Å²) in [6.07, 6.45) is -0.605. The highest BCUT2D eigenvalue weighted by Gasteiger charge is 2.26. The van der Waals surface area contributed by atoms with Gasteiger partial charge >= 0.3 is 15.2 Å². The van der Waals surface area contributed by atoms with Gasteiger partial charge in [0.1, 0.15) is 24.1 Å². The third kappa shape index (κ3) is 8.65. The number of aromatic hydroxyl groups is 2. The smallest absolute Gasteiger partial charge is 0.341 e. The van der Waals surface area contributed by atoms with Crippen LogP contribution in [0.3, 0.4) is 0 Å². The normalized spacial score (nSPS) is 15.6. The van der Waals surface area contributed by atoms with E-state index >= 15 is 0 Å². The molecule has 0 spiro atoms. The van der Waals surface area contributed by atoms with Gasteiger partial charge in [-0.3, -0.25) is 18.9 Å². The van der Waals surface area contributed by atoms with Gasteiger partial charge in [0.2, 0.25) is 0 Å². The van der Waals surface area contributed by atoms with Crippen molar-refractivity contribution in [2.45, 2.75) is 13.1 Å². The summed E-state index contributed by atoms with van der Waals surface area (Å²) in [5.74, 6) is 0.0981. The second-order valence-corrected chi connectivity index (χ2v) is 11.1. The van der Waals surface area contributed by atoms with E-state index in [4.69, 9.17) is 9.05 Å².